The lowest BCUT2D eigenvalue weighted by Crippen LogP contribution is -2.15. The highest BCUT2D eigenvalue weighted by Gasteiger charge is 2.71. The second-order valence-electron chi connectivity index (χ2n) is 3.59. The summed E-state index contributed by atoms with van der Waals surface area (Å²) < 4.78 is 0. The minimum absolute atomic E-state index is 0.222. The highest BCUT2D eigenvalue weighted by atomic mass is 16.3. The molecule has 0 spiro atoms. The zero-order chi connectivity index (χ0) is 6.06. The molecule has 1 heteroatoms. The van der Waals surface area contributed by atoms with Gasteiger partial charge in [0, 0.05) is 11.8 Å². The van der Waals surface area contributed by atoms with Crippen molar-refractivity contribution in [1.29, 1.82) is 0 Å². The van der Waals surface area contributed by atoms with Crippen molar-refractivity contribution in [3.63, 3.8) is 0 Å². The molecule has 3 aliphatic rings. The first kappa shape index (κ1) is 4.51. The number of hydrogen-bond acceptors (Lipinski definition) is 1. The molecular formula is C8H10O. The summed E-state index contributed by atoms with van der Waals surface area (Å²) in [4.78, 5) is 0. The standard InChI is InChI=1S/C8H10O/c9-8-5-1-3-6(8)7(8)4-2-5/h1,3,5-7,9H,2,4H2. The van der Waals surface area contributed by atoms with Crippen LogP contribution in [0.25, 0.3) is 0 Å². The minimum Gasteiger partial charge on any atom is -0.388 e. The van der Waals surface area contributed by atoms with Gasteiger partial charge in [0.05, 0.1) is 5.60 Å². The van der Waals surface area contributed by atoms with Crippen LogP contribution in [-0.2, 0) is 0 Å². The van der Waals surface area contributed by atoms with E-state index >= 15 is 0 Å². The summed E-state index contributed by atoms with van der Waals surface area (Å²) in [6, 6.07) is 0. The first-order valence-corrected chi connectivity index (χ1v) is 3.74. The number of fused-ring (bicyclic) bond motifs is 1. The van der Waals surface area contributed by atoms with E-state index in [1.165, 1.54) is 12.8 Å². The van der Waals surface area contributed by atoms with Crippen molar-refractivity contribution in [3.05, 3.63) is 12.2 Å². The maximum absolute atomic E-state index is 9.81. The second kappa shape index (κ2) is 0.988. The fraction of sp³-hybridized carbons (Fsp3) is 0.750. The van der Waals surface area contributed by atoms with E-state index in [-0.39, 0.29) is 5.60 Å². The van der Waals surface area contributed by atoms with Crippen LogP contribution in [0.15, 0.2) is 12.2 Å². The summed E-state index contributed by atoms with van der Waals surface area (Å²) in [5.74, 6) is 1.76. The average molecular weight is 122 g/mol. The summed E-state index contributed by atoms with van der Waals surface area (Å²) in [6.45, 7) is 0. The molecule has 3 aliphatic carbocycles. The molecule has 0 aromatic rings. The Balaban J connectivity index is 2.14. The van der Waals surface area contributed by atoms with Gasteiger partial charge in [0.15, 0.2) is 0 Å². The Bertz CT molecular complexity index is 197. The quantitative estimate of drug-likeness (QED) is 0.474. The third-order valence-electron chi connectivity index (χ3n) is 3.39. The average Bonchev–Trinajstić information content (AvgIpc) is 2.18. The van der Waals surface area contributed by atoms with Crippen molar-refractivity contribution in [3.8, 4) is 0 Å². The van der Waals surface area contributed by atoms with Crippen molar-refractivity contribution < 1.29 is 5.11 Å². The molecule has 0 aromatic heterocycles. The van der Waals surface area contributed by atoms with Crippen molar-refractivity contribution in [1.82, 2.24) is 0 Å². The van der Waals surface area contributed by atoms with E-state index < -0.39 is 0 Å². The van der Waals surface area contributed by atoms with Gasteiger partial charge in [0.2, 0.25) is 0 Å². The third-order valence-corrected chi connectivity index (χ3v) is 3.39. The Labute approximate surface area is 54.4 Å². The maximum atomic E-state index is 9.81. The molecule has 4 atom stereocenters. The van der Waals surface area contributed by atoms with Gasteiger partial charge >= 0.3 is 0 Å². The lowest BCUT2D eigenvalue weighted by atomic mass is 10.0. The number of hydrogen-bond donors (Lipinski definition) is 1. The molecule has 9 heavy (non-hydrogen) atoms. The molecule has 2 saturated carbocycles. The molecule has 0 heterocycles. The van der Waals surface area contributed by atoms with E-state index in [4.69, 9.17) is 0 Å². The highest BCUT2D eigenvalue weighted by molar-refractivity contribution is 5.34. The molecule has 1 nitrogen and oxygen atoms in total. The molecule has 0 amide bonds. The maximum Gasteiger partial charge on any atom is 0.0810 e. The van der Waals surface area contributed by atoms with Crippen molar-refractivity contribution >= 4 is 0 Å². The van der Waals surface area contributed by atoms with E-state index in [0.717, 1.165) is 0 Å². The molecule has 0 aliphatic heterocycles. The van der Waals surface area contributed by atoms with Crippen LogP contribution >= 0.6 is 0 Å². The molecule has 2 fully saturated rings. The van der Waals surface area contributed by atoms with Gasteiger partial charge in [0.25, 0.3) is 0 Å². The number of rotatable bonds is 0. The largest absolute Gasteiger partial charge is 0.388 e. The zero-order valence-corrected chi connectivity index (χ0v) is 5.25. The zero-order valence-electron chi connectivity index (χ0n) is 5.25. The molecule has 0 bridgehead atoms. The lowest BCUT2D eigenvalue weighted by Gasteiger charge is -2.08. The van der Waals surface area contributed by atoms with Crippen molar-refractivity contribution in [2.24, 2.45) is 17.8 Å². The molecule has 0 saturated heterocycles. The van der Waals surface area contributed by atoms with E-state index in [0.29, 0.717) is 17.8 Å². The SMILES string of the molecule is OC12C3C=CC1C2CC3. The number of aliphatic hydroxyl groups is 1. The molecule has 0 aromatic carbocycles. The molecule has 0 radical (unpaired) electrons. The van der Waals surface area contributed by atoms with E-state index in [1.807, 2.05) is 0 Å². The first-order chi connectivity index (χ1) is 4.33. The fourth-order valence-corrected chi connectivity index (χ4v) is 2.81. The van der Waals surface area contributed by atoms with Crippen LogP contribution in [0.1, 0.15) is 12.8 Å². The van der Waals surface area contributed by atoms with Crippen LogP contribution in [0.5, 0.6) is 0 Å². The Hall–Kier alpha value is -0.300. The van der Waals surface area contributed by atoms with Crippen LogP contribution in [0, 0.1) is 17.8 Å². The summed E-state index contributed by atoms with van der Waals surface area (Å²) in [5.41, 5.74) is -0.222. The van der Waals surface area contributed by atoms with Crippen LogP contribution in [0.2, 0.25) is 0 Å². The van der Waals surface area contributed by atoms with E-state index in [2.05, 4.69) is 12.2 Å². The van der Waals surface area contributed by atoms with Crippen LogP contribution in [-0.4, -0.2) is 10.7 Å². The Morgan fingerprint density at radius 1 is 1.33 bits per heavy atom. The Morgan fingerprint density at radius 2 is 2.22 bits per heavy atom. The van der Waals surface area contributed by atoms with Gasteiger partial charge in [-0.2, -0.15) is 0 Å². The van der Waals surface area contributed by atoms with Crippen LogP contribution < -0.4 is 0 Å². The Morgan fingerprint density at radius 3 is 2.78 bits per heavy atom. The first-order valence-electron chi connectivity index (χ1n) is 3.74. The van der Waals surface area contributed by atoms with Crippen LogP contribution in [0.4, 0.5) is 0 Å². The predicted molar refractivity (Wildman–Crippen MR) is 33.8 cm³/mol. The normalized spacial score (nSPS) is 66.6. The lowest BCUT2D eigenvalue weighted by molar-refractivity contribution is 0.107. The highest BCUT2D eigenvalue weighted by Crippen LogP contribution is 2.68. The second-order valence-corrected chi connectivity index (χ2v) is 3.59. The Kier molecular flexibility index (Phi) is 0.495. The molecule has 1 N–H and O–H groups in total. The van der Waals surface area contributed by atoms with E-state index in [9.17, 15) is 5.11 Å². The molecule has 48 valence electrons. The molecule has 3 rings (SSSR count). The summed E-state index contributed by atoms with van der Waals surface area (Å²) in [5, 5.41) is 9.81. The van der Waals surface area contributed by atoms with Gasteiger partial charge < -0.3 is 5.11 Å². The fourth-order valence-electron chi connectivity index (χ4n) is 2.81. The van der Waals surface area contributed by atoms with Crippen molar-refractivity contribution in [2.75, 3.05) is 0 Å². The van der Waals surface area contributed by atoms with Gasteiger partial charge in [-0.1, -0.05) is 12.2 Å². The van der Waals surface area contributed by atoms with Crippen LogP contribution in [0.3, 0.4) is 0 Å². The van der Waals surface area contributed by atoms with Gasteiger partial charge in [-0.25, -0.2) is 0 Å². The molecule has 4 unspecified atom stereocenters. The smallest absolute Gasteiger partial charge is 0.0810 e. The monoisotopic (exact) mass is 122 g/mol. The minimum atomic E-state index is -0.222. The third kappa shape index (κ3) is 0.284. The van der Waals surface area contributed by atoms with Crippen molar-refractivity contribution in [2.45, 2.75) is 18.4 Å². The van der Waals surface area contributed by atoms with Gasteiger partial charge in [-0.3, -0.25) is 0 Å². The summed E-state index contributed by atoms with van der Waals surface area (Å²) in [7, 11) is 0. The summed E-state index contributed by atoms with van der Waals surface area (Å²) in [6.07, 6.45) is 6.91. The topological polar surface area (TPSA) is 20.2 Å². The van der Waals surface area contributed by atoms with Gasteiger partial charge in [0.1, 0.15) is 0 Å². The van der Waals surface area contributed by atoms with E-state index in [1.54, 1.807) is 0 Å². The van der Waals surface area contributed by atoms with Gasteiger partial charge in [-0.05, 0) is 18.8 Å². The van der Waals surface area contributed by atoms with Gasteiger partial charge in [-0.15, -0.1) is 0 Å². The molecular weight excluding hydrogens is 112 g/mol. The predicted octanol–water partition coefficient (Wildman–Crippen LogP) is 0.943. The summed E-state index contributed by atoms with van der Waals surface area (Å²) >= 11 is 0.